The minimum atomic E-state index is -1.37. The van der Waals surface area contributed by atoms with Gasteiger partial charge in [-0.2, -0.15) is 0 Å². The Morgan fingerprint density at radius 1 is 0.968 bits per heavy atom. The first-order chi connectivity index (χ1) is 30.5. The van der Waals surface area contributed by atoms with Gasteiger partial charge in [-0.25, -0.2) is 9.18 Å². The zero-order chi connectivity index (χ0) is 43.4. The van der Waals surface area contributed by atoms with E-state index in [-0.39, 0.29) is 54.1 Å². The molecule has 4 N–H and O–H groups in total. The summed E-state index contributed by atoms with van der Waals surface area (Å²) in [5.41, 5.74) is 11.3. The predicted octanol–water partition coefficient (Wildman–Crippen LogP) is 5.77. The number of nitrogens with one attached hydrogen (secondary N) is 1. The van der Waals surface area contributed by atoms with Crippen molar-refractivity contribution in [3.63, 3.8) is 0 Å². The maximum absolute atomic E-state index is 16.4. The summed E-state index contributed by atoms with van der Waals surface area (Å²) in [6.07, 6.45) is 4.28. The number of phenolic OH excluding ortho intramolecular Hbond substituents is 1. The topological polar surface area (TPSA) is 172 Å². The lowest BCUT2D eigenvalue weighted by molar-refractivity contribution is -0.120. The van der Waals surface area contributed by atoms with E-state index in [4.69, 9.17) is 15.2 Å². The van der Waals surface area contributed by atoms with Crippen molar-refractivity contribution < 1.29 is 33.4 Å². The summed E-state index contributed by atoms with van der Waals surface area (Å²) >= 11 is 0. The number of ether oxygens (including phenoxy) is 2. The number of carbonyl (C=O) groups is 3. The fraction of sp³-hybridized carbons (Fsp3) is 0.426. The van der Waals surface area contributed by atoms with E-state index >= 15 is 4.39 Å². The van der Waals surface area contributed by atoms with Gasteiger partial charge >= 0.3 is 6.03 Å². The number of morpholine rings is 1. The van der Waals surface area contributed by atoms with E-state index in [2.05, 4.69) is 49.1 Å². The number of aromatic hydroxyl groups is 1. The number of piperidine rings is 2. The first-order valence-corrected chi connectivity index (χ1v) is 21.9. The van der Waals surface area contributed by atoms with Crippen molar-refractivity contribution in [3.05, 3.63) is 95.7 Å². The van der Waals surface area contributed by atoms with E-state index < -0.39 is 11.7 Å². The number of aryl methyl sites for hydroxylation is 1. The zero-order valence-corrected chi connectivity index (χ0v) is 35.3. The highest BCUT2D eigenvalue weighted by Gasteiger charge is 2.43. The molecule has 0 aliphatic carbocycles. The Morgan fingerprint density at radius 3 is 2.51 bits per heavy atom. The second kappa shape index (κ2) is 16.5. The Bertz CT molecular complexity index is 2550. The number of hydrogen-bond acceptors (Lipinski definition) is 11. The third-order valence-electron chi connectivity index (χ3n) is 13.7. The van der Waals surface area contributed by atoms with Gasteiger partial charge < -0.3 is 39.6 Å². The average Bonchev–Trinajstić information content (AvgIpc) is 3.91. The normalized spacial score (nSPS) is 23.3. The van der Waals surface area contributed by atoms with E-state index in [1.54, 1.807) is 28.0 Å². The van der Waals surface area contributed by atoms with Crippen molar-refractivity contribution in [2.75, 3.05) is 74.6 Å². The highest BCUT2D eigenvalue weighted by Crippen LogP contribution is 2.40. The largest absolute Gasteiger partial charge is 0.507 e. The Morgan fingerprint density at radius 2 is 1.75 bits per heavy atom. The van der Waals surface area contributed by atoms with Gasteiger partial charge in [-0.05, 0) is 79.4 Å². The standard InChI is InChI=1S/C47H52FN9O6/c1-29-24-56(37-11-10-33(22-35(29)37)55-19-14-43(59)50-46(55)61)32-12-17-53(18-13-32)28-47(48)15-20-54(21-16-47)45(60)31-8-6-30(7-9-31)41-25-57(39-26-62-27-42(39)63-41)38-23-36(51-52-44(38)49)34-4-2-3-5-40(34)58/h2-11,22-24,32,39,41-42,58H,12-21,25-28H2,1H3,(H2,49,52)(H,50,59,61)/t39-,41+,42+/m1/s1. The second-order valence-corrected chi connectivity index (χ2v) is 17.7. The summed E-state index contributed by atoms with van der Waals surface area (Å²) in [6, 6.07) is 22.2. The molecule has 5 aliphatic rings. The molecule has 2 aromatic heterocycles. The predicted molar refractivity (Wildman–Crippen MR) is 235 cm³/mol. The third kappa shape index (κ3) is 7.95. The molecule has 0 unspecified atom stereocenters. The Hall–Kier alpha value is -6.10. The summed E-state index contributed by atoms with van der Waals surface area (Å²) in [5.74, 6) is 0.00957. The molecular weight excluding hydrogens is 806 g/mol. The third-order valence-corrected chi connectivity index (χ3v) is 13.7. The number of aromatic nitrogens is 3. The maximum Gasteiger partial charge on any atom is 0.328 e. The van der Waals surface area contributed by atoms with E-state index in [1.165, 1.54) is 0 Å². The molecule has 0 bridgehead atoms. The summed E-state index contributed by atoms with van der Waals surface area (Å²) < 4.78 is 31.2. The van der Waals surface area contributed by atoms with E-state index in [1.807, 2.05) is 48.5 Å². The molecule has 0 radical (unpaired) electrons. The number of fused-ring (bicyclic) bond motifs is 2. The molecule has 4 amide bonds. The number of likely N-dealkylation sites (tertiary alicyclic amines) is 2. The van der Waals surface area contributed by atoms with Crippen LogP contribution in [0.1, 0.15) is 65.7 Å². The number of nitrogens with zero attached hydrogens (tertiary/aromatic N) is 7. The zero-order valence-electron chi connectivity index (χ0n) is 35.3. The van der Waals surface area contributed by atoms with Gasteiger partial charge in [0.25, 0.3) is 5.91 Å². The van der Waals surface area contributed by atoms with Gasteiger partial charge in [0.2, 0.25) is 5.91 Å². The van der Waals surface area contributed by atoms with Crippen LogP contribution in [-0.2, 0) is 14.3 Å². The van der Waals surface area contributed by atoms with E-state index in [0.717, 1.165) is 53.6 Å². The molecule has 63 heavy (non-hydrogen) atoms. The van der Waals surface area contributed by atoms with Gasteiger partial charge in [-0.1, -0.05) is 24.3 Å². The number of halogens is 1. The number of alkyl halides is 1. The van der Waals surface area contributed by atoms with Crippen LogP contribution in [0.5, 0.6) is 5.75 Å². The molecule has 0 saturated carbocycles. The molecule has 3 aromatic carbocycles. The number of imide groups is 1. The lowest BCUT2D eigenvalue weighted by Gasteiger charge is -2.42. The van der Waals surface area contributed by atoms with Crippen LogP contribution >= 0.6 is 0 Å². The number of carbonyl (C=O) groups excluding carboxylic acids is 3. The molecule has 5 aliphatic heterocycles. The van der Waals surface area contributed by atoms with Crippen LogP contribution in [0, 0.1) is 6.92 Å². The van der Waals surface area contributed by atoms with Crippen LogP contribution in [0.25, 0.3) is 22.2 Å². The van der Waals surface area contributed by atoms with E-state index in [9.17, 15) is 19.5 Å². The molecule has 16 heteroatoms. The van der Waals surface area contributed by atoms with Gasteiger partial charge in [-0.15, -0.1) is 10.2 Å². The number of anilines is 3. The minimum absolute atomic E-state index is 0.0849. The smallest absolute Gasteiger partial charge is 0.328 e. The number of nitrogen functional groups attached to an aromatic ring is 1. The fourth-order valence-electron chi connectivity index (χ4n) is 10.2. The fourth-order valence-corrected chi connectivity index (χ4v) is 10.2. The molecule has 328 valence electrons. The Labute approximate surface area is 364 Å². The maximum atomic E-state index is 16.4. The lowest BCUT2D eigenvalue weighted by Crippen LogP contribution is -2.52. The first kappa shape index (κ1) is 40.9. The van der Waals surface area contributed by atoms with Gasteiger partial charge in [0.15, 0.2) is 5.82 Å². The minimum Gasteiger partial charge on any atom is -0.507 e. The summed E-state index contributed by atoms with van der Waals surface area (Å²) in [6.45, 7) is 6.44. The molecule has 15 nitrogen and oxygen atoms in total. The molecule has 0 spiro atoms. The molecule has 5 saturated heterocycles. The summed E-state index contributed by atoms with van der Waals surface area (Å²) in [5, 5.41) is 22.5. The van der Waals surface area contributed by atoms with Crippen molar-refractivity contribution >= 4 is 45.9 Å². The van der Waals surface area contributed by atoms with Crippen molar-refractivity contribution in [2.24, 2.45) is 0 Å². The number of hydrogen-bond donors (Lipinski definition) is 3. The van der Waals surface area contributed by atoms with Crippen molar-refractivity contribution in [2.45, 2.75) is 69.0 Å². The molecule has 10 rings (SSSR count). The first-order valence-electron chi connectivity index (χ1n) is 21.9. The summed E-state index contributed by atoms with van der Waals surface area (Å²) in [4.78, 5) is 45.6. The number of amides is 4. The second-order valence-electron chi connectivity index (χ2n) is 17.7. The van der Waals surface area contributed by atoms with E-state index in [0.29, 0.717) is 81.3 Å². The Balaban J connectivity index is 0.738. The Kier molecular flexibility index (Phi) is 10.8. The number of benzene rings is 3. The molecular formula is C47H52FN9O6. The number of para-hydroxylation sites is 1. The monoisotopic (exact) mass is 857 g/mol. The van der Waals surface area contributed by atoms with Crippen molar-refractivity contribution in [1.29, 1.82) is 0 Å². The van der Waals surface area contributed by atoms with Crippen LogP contribution in [0.15, 0.2) is 79.0 Å². The van der Waals surface area contributed by atoms with Crippen LogP contribution in [0.4, 0.5) is 26.4 Å². The SMILES string of the molecule is Cc1cn(C2CCN(CC3(F)CCN(C(=O)c4ccc([C@@H]5CN(c6cc(-c7ccccc7O)nnc6N)[C@@H]6COC[C@@H]6O5)cc4)CC3)CC2)c2ccc(N3CCC(=O)NC3=O)cc12. The highest BCUT2D eigenvalue weighted by atomic mass is 19.1. The lowest BCUT2D eigenvalue weighted by atomic mass is 9.91. The van der Waals surface area contributed by atoms with Gasteiger partial charge in [0.05, 0.1) is 30.6 Å². The number of rotatable bonds is 8. The van der Waals surface area contributed by atoms with Crippen LogP contribution in [0.2, 0.25) is 0 Å². The quantitative estimate of drug-likeness (QED) is 0.173. The molecule has 3 atom stereocenters. The van der Waals surface area contributed by atoms with Gasteiger partial charge in [0.1, 0.15) is 23.6 Å². The number of phenols is 1. The van der Waals surface area contributed by atoms with Gasteiger partial charge in [-0.3, -0.25) is 19.8 Å². The van der Waals surface area contributed by atoms with Crippen molar-refractivity contribution in [1.82, 2.24) is 29.9 Å². The van der Waals surface area contributed by atoms with Crippen LogP contribution in [0.3, 0.4) is 0 Å². The molecule has 7 heterocycles. The van der Waals surface area contributed by atoms with Crippen molar-refractivity contribution in [3.8, 4) is 17.0 Å². The van der Waals surface area contributed by atoms with Gasteiger partial charge in [0, 0.05) is 105 Å². The number of urea groups is 1. The highest BCUT2D eigenvalue weighted by molar-refractivity contribution is 6.06. The van der Waals surface area contributed by atoms with Crippen LogP contribution in [-0.4, -0.2) is 124 Å². The summed E-state index contributed by atoms with van der Waals surface area (Å²) in [7, 11) is 0. The average molecular weight is 858 g/mol. The number of nitrogens with two attached hydrogens (primary N) is 1. The van der Waals surface area contributed by atoms with Crippen LogP contribution < -0.4 is 20.9 Å². The molecule has 5 aromatic rings. The molecule has 5 fully saturated rings.